The van der Waals surface area contributed by atoms with Crippen molar-refractivity contribution in [1.29, 1.82) is 0 Å². The zero-order valence-electron chi connectivity index (χ0n) is 5.57. The summed E-state index contributed by atoms with van der Waals surface area (Å²) in [6.07, 6.45) is -0.438. The lowest BCUT2D eigenvalue weighted by molar-refractivity contribution is -0.116. The molecule has 0 aliphatic rings. The lowest BCUT2D eigenvalue weighted by Gasteiger charge is -2.02. The number of ketones is 1. The molecule has 0 radical (unpaired) electrons. The number of hydrogen-bond donors (Lipinski definition) is 3. The van der Waals surface area contributed by atoms with Crippen LogP contribution in [0.15, 0.2) is 0 Å². The molecular formula is C4H10NO4P. The quantitative estimate of drug-likeness (QED) is 0.482. The predicted octanol–water partition coefficient (Wildman–Crippen LogP) is -0.700. The van der Waals surface area contributed by atoms with Gasteiger partial charge in [-0.3, -0.25) is 14.7 Å². The molecule has 0 spiro atoms. The van der Waals surface area contributed by atoms with Crippen LogP contribution in [0.2, 0.25) is 0 Å². The first-order valence-electron chi connectivity index (χ1n) is 2.66. The fourth-order valence-corrected chi connectivity index (χ4v) is 0.781. The maximum Gasteiger partial charge on any atom is 0.339 e. The molecule has 10 heavy (non-hydrogen) atoms. The van der Waals surface area contributed by atoms with Crippen molar-refractivity contribution in [1.82, 2.24) is 5.32 Å². The zero-order valence-corrected chi connectivity index (χ0v) is 6.47. The second-order valence-electron chi connectivity index (χ2n) is 1.95. The highest BCUT2D eigenvalue weighted by Crippen LogP contribution is 2.31. The van der Waals surface area contributed by atoms with Gasteiger partial charge in [-0.2, -0.15) is 0 Å². The van der Waals surface area contributed by atoms with Crippen LogP contribution in [0.25, 0.3) is 0 Å². The van der Waals surface area contributed by atoms with Crippen molar-refractivity contribution in [2.75, 3.05) is 12.8 Å². The molecule has 0 rings (SSSR count). The SMILES string of the molecule is CC(=O)CNCP(=O)(O)O. The van der Waals surface area contributed by atoms with E-state index in [1.807, 2.05) is 0 Å². The zero-order chi connectivity index (χ0) is 8.20. The van der Waals surface area contributed by atoms with Crippen molar-refractivity contribution < 1.29 is 19.1 Å². The Hall–Kier alpha value is -0.220. The maximum absolute atomic E-state index is 10.2. The van der Waals surface area contributed by atoms with Gasteiger partial charge < -0.3 is 9.79 Å². The number of rotatable bonds is 4. The van der Waals surface area contributed by atoms with Crippen molar-refractivity contribution in [3.05, 3.63) is 0 Å². The average molecular weight is 167 g/mol. The molecule has 0 unspecified atom stereocenters. The van der Waals surface area contributed by atoms with Crippen LogP contribution in [0.3, 0.4) is 0 Å². The monoisotopic (exact) mass is 167 g/mol. The van der Waals surface area contributed by atoms with E-state index in [1.54, 1.807) is 0 Å². The van der Waals surface area contributed by atoms with Crippen LogP contribution >= 0.6 is 7.60 Å². The van der Waals surface area contributed by atoms with Gasteiger partial charge in [0.05, 0.1) is 12.8 Å². The molecule has 0 saturated heterocycles. The summed E-state index contributed by atoms with van der Waals surface area (Å²) in [5.41, 5.74) is 0. The standard InChI is InChI=1S/C4H10NO4P/c1-4(6)2-5-3-10(7,8)9/h5H,2-3H2,1H3,(H2,7,8,9). The molecule has 0 aliphatic carbocycles. The molecule has 5 nitrogen and oxygen atoms in total. The van der Waals surface area contributed by atoms with Gasteiger partial charge in [0.2, 0.25) is 0 Å². The largest absolute Gasteiger partial charge is 0.339 e. The molecular weight excluding hydrogens is 157 g/mol. The van der Waals surface area contributed by atoms with Gasteiger partial charge in [-0.1, -0.05) is 0 Å². The van der Waals surface area contributed by atoms with Crippen molar-refractivity contribution >= 4 is 13.4 Å². The highest BCUT2D eigenvalue weighted by molar-refractivity contribution is 7.51. The van der Waals surface area contributed by atoms with E-state index in [2.05, 4.69) is 5.32 Å². The highest BCUT2D eigenvalue weighted by Gasteiger charge is 2.10. The summed E-state index contributed by atoms with van der Waals surface area (Å²) in [6, 6.07) is 0. The van der Waals surface area contributed by atoms with Crippen molar-refractivity contribution in [3.8, 4) is 0 Å². The Morgan fingerprint density at radius 3 is 2.40 bits per heavy atom. The highest BCUT2D eigenvalue weighted by atomic mass is 31.2. The van der Waals surface area contributed by atoms with Gasteiger partial charge in [0, 0.05) is 0 Å². The fourth-order valence-electron chi connectivity index (χ4n) is 0.378. The topological polar surface area (TPSA) is 86.6 Å². The second-order valence-corrected chi connectivity index (χ2v) is 3.60. The molecule has 60 valence electrons. The first-order chi connectivity index (χ1) is 4.42. The fraction of sp³-hybridized carbons (Fsp3) is 0.750. The summed E-state index contributed by atoms with van der Waals surface area (Å²) in [7, 11) is -3.99. The molecule has 0 bridgehead atoms. The Balaban J connectivity index is 3.39. The maximum atomic E-state index is 10.2. The summed E-state index contributed by atoms with van der Waals surface area (Å²) in [4.78, 5) is 26.7. The van der Waals surface area contributed by atoms with E-state index in [-0.39, 0.29) is 12.3 Å². The predicted molar refractivity (Wildman–Crippen MR) is 35.6 cm³/mol. The minimum Gasteiger partial charge on any atom is -0.324 e. The Morgan fingerprint density at radius 2 is 2.10 bits per heavy atom. The second kappa shape index (κ2) is 3.83. The van der Waals surface area contributed by atoms with Crippen LogP contribution in [0.1, 0.15) is 6.92 Å². The van der Waals surface area contributed by atoms with Crippen LogP contribution < -0.4 is 5.32 Å². The number of nitrogens with one attached hydrogen (secondary N) is 1. The molecule has 0 aliphatic heterocycles. The van der Waals surface area contributed by atoms with Crippen molar-refractivity contribution in [2.24, 2.45) is 0 Å². The summed E-state index contributed by atoms with van der Waals surface area (Å²) in [5.74, 6) is -0.145. The van der Waals surface area contributed by atoms with E-state index in [0.717, 1.165) is 0 Å². The lowest BCUT2D eigenvalue weighted by Crippen LogP contribution is -2.21. The minimum atomic E-state index is -3.99. The molecule has 6 heteroatoms. The Kier molecular flexibility index (Phi) is 3.75. The normalized spacial score (nSPS) is 11.5. The number of Topliss-reactive ketones (excluding diaryl/α,β-unsaturated/α-hetero) is 1. The van der Waals surface area contributed by atoms with Crippen LogP contribution in [-0.2, 0) is 9.36 Å². The number of carbonyl (C=O) groups is 1. The van der Waals surface area contributed by atoms with Gasteiger partial charge in [0.25, 0.3) is 0 Å². The molecule has 0 fully saturated rings. The van der Waals surface area contributed by atoms with E-state index in [1.165, 1.54) is 6.92 Å². The summed E-state index contributed by atoms with van der Waals surface area (Å²) in [5, 5.41) is 2.31. The number of carbonyl (C=O) groups excluding carboxylic acids is 1. The van der Waals surface area contributed by atoms with E-state index in [4.69, 9.17) is 9.79 Å². The number of hydrogen-bond acceptors (Lipinski definition) is 3. The Morgan fingerprint density at radius 1 is 1.60 bits per heavy atom. The first kappa shape index (κ1) is 9.78. The van der Waals surface area contributed by atoms with Gasteiger partial charge >= 0.3 is 7.60 Å². The van der Waals surface area contributed by atoms with Gasteiger partial charge in [-0.05, 0) is 6.92 Å². The van der Waals surface area contributed by atoms with Gasteiger partial charge in [-0.15, -0.1) is 0 Å². The molecule has 3 N–H and O–H groups in total. The summed E-state index contributed by atoms with van der Waals surface area (Å²) < 4.78 is 10.1. The Bertz CT molecular complexity index is 163. The van der Waals surface area contributed by atoms with Crippen LogP contribution in [-0.4, -0.2) is 28.4 Å². The van der Waals surface area contributed by atoms with E-state index >= 15 is 0 Å². The van der Waals surface area contributed by atoms with E-state index in [9.17, 15) is 9.36 Å². The van der Waals surface area contributed by atoms with Crippen LogP contribution in [0, 0.1) is 0 Å². The van der Waals surface area contributed by atoms with Gasteiger partial charge in [-0.25, -0.2) is 0 Å². The smallest absolute Gasteiger partial charge is 0.324 e. The molecule has 0 atom stereocenters. The Labute approximate surface area is 58.6 Å². The van der Waals surface area contributed by atoms with Crippen molar-refractivity contribution in [2.45, 2.75) is 6.92 Å². The third-order valence-corrected chi connectivity index (χ3v) is 1.33. The van der Waals surface area contributed by atoms with E-state index < -0.39 is 13.9 Å². The van der Waals surface area contributed by atoms with Crippen LogP contribution in [0.4, 0.5) is 0 Å². The first-order valence-corrected chi connectivity index (χ1v) is 4.46. The molecule has 0 heterocycles. The lowest BCUT2D eigenvalue weighted by atomic mass is 10.5. The van der Waals surface area contributed by atoms with Gasteiger partial charge in [0.1, 0.15) is 5.78 Å². The molecule has 0 aromatic heterocycles. The minimum absolute atomic E-state index is 0.00507. The van der Waals surface area contributed by atoms with E-state index in [0.29, 0.717) is 0 Å². The summed E-state index contributed by atoms with van der Waals surface area (Å²) >= 11 is 0. The molecule has 0 aromatic rings. The third kappa shape index (κ3) is 7.78. The molecule has 0 amide bonds. The third-order valence-electron chi connectivity index (χ3n) is 0.692. The molecule has 0 aromatic carbocycles. The summed E-state index contributed by atoms with van der Waals surface area (Å²) in [6.45, 7) is 1.35. The van der Waals surface area contributed by atoms with Gasteiger partial charge in [0.15, 0.2) is 0 Å². The van der Waals surface area contributed by atoms with Crippen LogP contribution in [0.5, 0.6) is 0 Å². The molecule has 0 saturated carbocycles. The van der Waals surface area contributed by atoms with Crippen molar-refractivity contribution in [3.63, 3.8) is 0 Å². The average Bonchev–Trinajstić information content (AvgIpc) is 1.59.